The molecule has 0 bridgehead atoms. The highest BCUT2D eigenvalue weighted by molar-refractivity contribution is 6.01. The lowest BCUT2D eigenvalue weighted by atomic mass is 10.1. The Balaban J connectivity index is 1.91. The van der Waals surface area contributed by atoms with E-state index in [-0.39, 0.29) is 12.1 Å². The maximum absolute atomic E-state index is 12.7. The van der Waals surface area contributed by atoms with Gasteiger partial charge in [-0.2, -0.15) is 0 Å². The zero-order valence-electron chi connectivity index (χ0n) is 11.9. The molecule has 1 aliphatic heterocycles. The molecular formula is C16H18N2O3. The smallest absolute Gasteiger partial charge is 0.257 e. The van der Waals surface area contributed by atoms with Gasteiger partial charge in [0, 0.05) is 25.9 Å². The van der Waals surface area contributed by atoms with Gasteiger partial charge in [-0.15, -0.1) is 0 Å². The Morgan fingerprint density at radius 1 is 1.29 bits per heavy atom. The number of rotatable bonds is 5. The molecular weight excluding hydrogens is 268 g/mol. The van der Waals surface area contributed by atoms with E-state index in [4.69, 9.17) is 9.15 Å². The second kappa shape index (κ2) is 6.01. The Hall–Kier alpha value is -2.27. The van der Waals surface area contributed by atoms with Gasteiger partial charge in [0.1, 0.15) is 5.76 Å². The van der Waals surface area contributed by atoms with Crippen LogP contribution in [0, 0.1) is 0 Å². The largest absolute Gasteiger partial charge is 0.465 e. The number of anilines is 1. The summed E-state index contributed by atoms with van der Waals surface area (Å²) in [7, 11) is 1.66. The summed E-state index contributed by atoms with van der Waals surface area (Å²) < 4.78 is 10.6. The van der Waals surface area contributed by atoms with E-state index < -0.39 is 0 Å². The molecule has 1 amide bonds. The molecule has 2 aromatic rings. The SMILES string of the molecule is COCCCN1C(=O)c2ccccc2N[C@H]1c1ccco1. The number of furan rings is 1. The summed E-state index contributed by atoms with van der Waals surface area (Å²) in [6.45, 7) is 1.23. The highest BCUT2D eigenvalue weighted by atomic mass is 16.5. The van der Waals surface area contributed by atoms with Crippen LogP contribution in [-0.4, -0.2) is 31.1 Å². The molecule has 1 aliphatic rings. The predicted octanol–water partition coefficient (Wildman–Crippen LogP) is 2.88. The van der Waals surface area contributed by atoms with Gasteiger partial charge in [-0.25, -0.2) is 0 Å². The monoisotopic (exact) mass is 286 g/mol. The van der Waals surface area contributed by atoms with Crippen LogP contribution in [0.3, 0.4) is 0 Å². The van der Waals surface area contributed by atoms with E-state index >= 15 is 0 Å². The number of hydrogen-bond donors (Lipinski definition) is 1. The first-order valence-electron chi connectivity index (χ1n) is 7.00. The molecule has 110 valence electrons. The van der Waals surface area contributed by atoms with Crippen molar-refractivity contribution in [3.05, 3.63) is 54.0 Å². The van der Waals surface area contributed by atoms with Gasteiger partial charge in [-0.05, 0) is 30.7 Å². The minimum Gasteiger partial charge on any atom is -0.465 e. The Kier molecular flexibility index (Phi) is 3.92. The number of carbonyl (C=O) groups is 1. The lowest BCUT2D eigenvalue weighted by Crippen LogP contribution is -2.43. The lowest BCUT2D eigenvalue weighted by Gasteiger charge is -2.36. The normalized spacial score (nSPS) is 17.5. The first-order chi connectivity index (χ1) is 10.3. The molecule has 0 fully saturated rings. The summed E-state index contributed by atoms with van der Waals surface area (Å²) in [6.07, 6.45) is 2.12. The van der Waals surface area contributed by atoms with Crippen LogP contribution in [0.1, 0.15) is 28.7 Å². The van der Waals surface area contributed by atoms with Crippen molar-refractivity contribution < 1.29 is 13.9 Å². The second-order valence-corrected chi connectivity index (χ2v) is 4.95. The fourth-order valence-electron chi connectivity index (χ4n) is 2.57. The Morgan fingerprint density at radius 2 is 2.14 bits per heavy atom. The third-order valence-corrected chi connectivity index (χ3v) is 3.58. The topological polar surface area (TPSA) is 54.7 Å². The Bertz CT molecular complexity index is 610. The van der Waals surface area contributed by atoms with Crippen LogP contribution in [0.2, 0.25) is 0 Å². The first-order valence-corrected chi connectivity index (χ1v) is 7.00. The molecule has 0 unspecified atom stereocenters. The quantitative estimate of drug-likeness (QED) is 0.859. The van der Waals surface area contributed by atoms with Crippen molar-refractivity contribution in [3.8, 4) is 0 Å². The second-order valence-electron chi connectivity index (χ2n) is 4.95. The molecule has 1 N–H and O–H groups in total. The fourth-order valence-corrected chi connectivity index (χ4v) is 2.57. The molecule has 21 heavy (non-hydrogen) atoms. The van der Waals surface area contributed by atoms with Gasteiger partial charge in [-0.1, -0.05) is 12.1 Å². The molecule has 3 rings (SSSR count). The van der Waals surface area contributed by atoms with Crippen LogP contribution in [0.5, 0.6) is 0 Å². The summed E-state index contributed by atoms with van der Waals surface area (Å²) in [6, 6.07) is 11.2. The van der Waals surface area contributed by atoms with Crippen molar-refractivity contribution in [1.82, 2.24) is 4.90 Å². The van der Waals surface area contributed by atoms with E-state index in [2.05, 4.69) is 5.32 Å². The van der Waals surface area contributed by atoms with E-state index in [1.807, 2.05) is 36.4 Å². The maximum atomic E-state index is 12.7. The zero-order chi connectivity index (χ0) is 14.7. The fraction of sp³-hybridized carbons (Fsp3) is 0.312. The number of nitrogens with zero attached hydrogens (tertiary/aromatic N) is 1. The van der Waals surface area contributed by atoms with Crippen LogP contribution in [0.15, 0.2) is 47.1 Å². The lowest BCUT2D eigenvalue weighted by molar-refractivity contribution is 0.0639. The molecule has 2 heterocycles. The summed E-state index contributed by atoms with van der Waals surface area (Å²) in [5.74, 6) is 0.747. The summed E-state index contributed by atoms with van der Waals surface area (Å²) >= 11 is 0. The molecule has 0 spiro atoms. The highest BCUT2D eigenvalue weighted by Gasteiger charge is 2.33. The van der Waals surface area contributed by atoms with Crippen LogP contribution in [0.25, 0.3) is 0 Å². The summed E-state index contributed by atoms with van der Waals surface area (Å²) in [5, 5.41) is 3.38. The van der Waals surface area contributed by atoms with Crippen LogP contribution in [-0.2, 0) is 4.74 Å². The van der Waals surface area contributed by atoms with E-state index in [1.165, 1.54) is 0 Å². The number of ether oxygens (including phenoxy) is 1. The van der Waals surface area contributed by atoms with Gasteiger partial charge in [0.05, 0.1) is 11.8 Å². The molecule has 0 aliphatic carbocycles. The van der Waals surface area contributed by atoms with Gasteiger partial charge < -0.3 is 19.4 Å². The minimum atomic E-state index is -0.278. The summed E-state index contributed by atoms with van der Waals surface area (Å²) in [5.41, 5.74) is 1.53. The highest BCUT2D eigenvalue weighted by Crippen LogP contribution is 2.33. The number of fused-ring (bicyclic) bond motifs is 1. The number of benzene rings is 1. The van der Waals surface area contributed by atoms with Crippen molar-refractivity contribution >= 4 is 11.6 Å². The molecule has 1 aromatic heterocycles. The van der Waals surface area contributed by atoms with Gasteiger partial charge in [0.2, 0.25) is 0 Å². The van der Waals surface area contributed by atoms with Gasteiger partial charge in [-0.3, -0.25) is 4.79 Å². The van der Waals surface area contributed by atoms with Crippen molar-refractivity contribution in [1.29, 1.82) is 0 Å². The van der Waals surface area contributed by atoms with E-state index in [0.717, 1.165) is 17.9 Å². The van der Waals surface area contributed by atoms with E-state index in [0.29, 0.717) is 18.7 Å². The number of nitrogens with one attached hydrogen (secondary N) is 1. The Labute approximate surface area is 123 Å². The number of methoxy groups -OCH3 is 1. The van der Waals surface area contributed by atoms with Crippen LogP contribution < -0.4 is 5.32 Å². The number of carbonyl (C=O) groups excluding carboxylic acids is 1. The standard InChI is InChI=1S/C16H18N2O3/c1-20-10-5-9-18-15(14-8-4-11-21-14)17-13-7-3-2-6-12(13)16(18)19/h2-4,6-8,11,15,17H,5,9-10H2,1H3/t15-/m1/s1. The predicted molar refractivity (Wildman–Crippen MR) is 79.0 cm³/mol. The molecule has 5 nitrogen and oxygen atoms in total. The van der Waals surface area contributed by atoms with Crippen LogP contribution in [0.4, 0.5) is 5.69 Å². The van der Waals surface area contributed by atoms with Gasteiger partial charge in [0.15, 0.2) is 6.17 Å². The molecule has 1 aromatic carbocycles. The molecule has 0 saturated carbocycles. The third kappa shape index (κ3) is 2.64. The van der Waals surface area contributed by atoms with Gasteiger partial charge in [0.25, 0.3) is 5.91 Å². The molecule has 0 saturated heterocycles. The number of amides is 1. The first kappa shape index (κ1) is 13.7. The Morgan fingerprint density at radius 3 is 2.90 bits per heavy atom. The van der Waals surface area contributed by atoms with E-state index in [1.54, 1.807) is 18.3 Å². The van der Waals surface area contributed by atoms with Gasteiger partial charge >= 0.3 is 0 Å². The summed E-state index contributed by atoms with van der Waals surface area (Å²) in [4.78, 5) is 14.5. The average Bonchev–Trinajstić information content (AvgIpc) is 3.04. The van der Waals surface area contributed by atoms with Crippen molar-refractivity contribution in [2.24, 2.45) is 0 Å². The zero-order valence-corrected chi connectivity index (χ0v) is 11.9. The van der Waals surface area contributed by atoms with E-state index in [9.17, 15) is 4.79 Å². The van der Waals surface area contributed by atoms with Crippen LogP contribution >= 0.6 is 0 Å². The molecule has 0 radical (unpaired) electrons. The van der Waals surface area contributed by atoms with Crippen molar-refractivity contribution in [2.75, 3.05) is 25.6 Å². The minimum absolute atomic E-state index is 0.0156. The maximum Gasteiger partial charge on any atom is 0.257 e. The van der Waals surface area contributed by atoms with Crippen molar-refractivity contribution in [2.45, 2.75) is 12.6 Å². The average molecular weight is 286 g/mol. The van der Waals surface area contributed by atoms with Crippen molar-refractivity contribution in [3.63, 3.8) is 0 Å². The number of para-hydroxylation sites is 1. The molecule has 1 atom stereocenters. The third-order valence-electron chi connectivity index (χ3n) is 3.58. The number of hydrogen-bond acceptors (Lipinski definition) is 4. The molecule has 5 heteroatoms.